The van der Waals surface area contributed by atoms with Crippen molar-refractivity contribution in [3.05, 3.63) is 90.5 Å². The van der Waals surface area contributed by atoms with Crippen LogP contribution in [0, 0.1) is 5.82 Å². The third-order valence-electron chi connectivity index (χ3n) is 3.71. The largest absolute Gasteiger partial charge is 0.489 e. The predicted molar refractivity (Wildman–Crippen MR) is 96.8 cm³/mol. The zero-order valence-corrected chi connectivity index (χ0v) is 14.1. The number of hydrogen-bond donors (Lipinski definition) is 1. The van der Waals surface area contributed by atoms with Crippen molar-refractivity contribution in [2.75, 3.05) is 6.61 Å². The Kier molecular flexibility index (Phi) is 5.43. The van der Waals surface area contributed by atoms with E-state index < -0.39 is 5.82 Å². The van der Waals surface area contributed by atoms with Crippen molar-refractivity contribution < 1.29 is 13.9 Å². The molecule has 0 fully saturated rings. The van der Waals surface area contributed by atoms with Crippen LogP contribution in [0.4, 0.5) is 4.39 Å². The number of ether oxygens (including phenoxy) is 1. The van der Waals surface area contributed by atoms with Gasteiger partial charge in [-0.2, -0.15) is 5.10 Å². The van der Waals surface area contributed by atoms with Gasteiger partial charge in [0, 0.05) is 18.3 Å². The summed E-state index contributed by atoms with van der Waals surface area (Å²) in [6.07, 6.45) is 4.56. The van der Waals surface area contributed by atoms with Gasteiger partial charge in [-0.3, -0.25) is 4.79 Å². The van der Waals surface area contributed by atoms with E-state index in [1.54, 1.807) is 24.3 Å². The van der Waals surface area contributed by atoms with Gasteiger partial charge in [0.1, 0.15) is 23.9 Å². The molecule has 26 heavy (non-hydrogen) atoms. The molecule has 1 aromatic heterocycles. The van der Waals surface area contributed by atoms with Crippen molar-refractivity contribution in [2.24, 2.45) is 0 Å². The van der Waals surface area contributed by atoms with E-state index in [0.29, 0.717) is 24.5 Å². The molecule has 0 atom stereocenters. The third kappa shape index (κ3) is 3.97. The maximum Gasteiger partial charge on any atom is 0.254 e. The fraction of sp³-hybridized carbons (Fsp3) is 0.100. The topological polar surface area (TPSA) is 56.1 Å². The summed E-state index contributed by atoms with van der Waals surface area (Å²) in [5.41, 5.74) is 1.48. The van der Waals surface area contributed by atoms with Gasteiger partial charge in [-0.05, 0) is 18.2 Å². The fourth-order valence-corrected chi connectivity index (χ4v) is 2.43. The van der Waals surface area contributed by atoms with E-state index in [2.05, 4.69) is 17.0 Å². The standard InChI is InChI=1S/C20H18FN3O2/c1-2-11-26-19-10-6-3-7-15(19)12-22-20(25)16-13-23-24(14-16)18-9-5-4-8-17(18)21/h2-10,13-14H,1,11-12H2,(H,22,25). The highest BCUT2D eigenvalue weighted by Gasteiger charge is 2.12. The van der Waals surface area contributed by atoms with E-state index in [9.17, 15) is 9.18 Å². The third-order valence-corrected chi connectivity index (χ3v) is 3.71. The summed E-state index contributed by atoms with van der Waals surface area (Å²) in [6, 6.07) is 13.7. The molecule has 3 aromatic rings. The maximum absolute atomic E-state index is 13.8. The van der Waals surface area contributed by atoms with Crippen LogP contribution >= 0.6 is 0 Å². The molecule has 0 aliphatic carbocycles. The highest BCUT2D eigenvalue weighted by Crippen LogP contribution is 2.18. The minimum Gasteiger partial charge on any atom is -0.489 e. The van der Waals surface area contributed by atoms with Crippen LogP contribution in [-0.4, -0.2) is 22.3 Å². The van der Waals surface area contributed by atoms with Crippen LogP contribution in [0.25, 0.3) is 5.69 Å². The van der Waals surface area contributed by atoms with Crippen LogP contribution in [0.1, 0.15) is 15.9 Å². The summed E-state index contributed by atoms with van der Waals surface area (Å²) < 4.78 is 20.7. The Morgan fingerprint density at radius 2 is 2.00 bits per heavy atom. The monoisotopic (exact) mass is 351 g/mol. The molecule has 0 bridgehead atoms. The minimum absolute atomic E-state index is 0.287. The molecule has 0 saturated heterocycles. The second-order valence-electron chi connectivity index (χ2n) is 5.52. The van der Waals surface area contributed by atoms with E-state index in [4.69, 9.17) is 4.74 Å². The summed E-state index contributed by atoms with van der Waals surface area (Å²) in [6.45, 7) is 4.31. The highest BCUT2D eigenvalue weighted by atomic mass is 19.1. The molecule has 5 nitrogen and oxygen atoms in total. The van der Waals surface area contributed by atoms with Crippen LogP contribution in [0.5, 0.6) is 5.75 Å². The zero-order chi connectivity index (χ0) is 18.4. The number of carbonyl (C=O) groups is 1. The SMILES string of the molecule is C=CCOc1ccccc1CNC(=O)c1cnn(-c2ccccc2F)c1. The number of para-hydroxylation sites is 2. The van der Waals surface area contributed by atoms with Gasteiger partial charge in [0.15, 0.2) is 0 Å². The number of amides is 1. The number of nitrogens with zero attached hydrogens (tertiary/aromatic N) is 2. The smallest absolute Gasteiger partial charge is 0.254 e. The minimum atomic E-state index is -0.407. The number of aromatic nitrogens is 2. The van der Waals surface area contributed by atoms with Crippen molar-refractivity contribution in [1.29, 1.82) is 0 Å². The average Bonchev–Trinajstić information content (AvgIpc) is 3.15. The number of benzene rings is 2. The summed E-state index contributed by atoms with van der Waals surface area (Å²) >= 11 is 0. The molecule has 2 aromatic carbocycles. The van der Waals surface area contributed by atoms with Crippen molar-refractivity contribution in [1.82, 2.24) is 15.1 Å². The second kappa shape index (κ2) is 8.11. The molecular formula is C20H18FN3O2. The lowest BCUT2D eigenvalue weighted by Gasteiger charge is -2.10. The Labute approximate surface area is 150 Å². The first-order valence-corrected chi connectivity index (χ1v) is 8.08. The molecular weight excluding hydrogens is 333 g/mol. The van der Waals surface area contributed by atoms with Gasteiger partial charge in [-0.25, -0.2) is 9.07 Å². The molecule has 0 aliphatic heterocycles. The highest BCUT2D eigenvalue weighted by molar-refractivity contribution is 5.93. The van der Waals surface area contributed by atoms with Crippen molar-refractivity contribution in [2.45, 2.75) is 6.54 Å². The van der Waals surface area contributed by atoms with Crippen LogP contribution < -0.4 is 10.1 Å². The van der Waals surface area contributed by atoms with Gasteiger partial charge in [0.2, 0.25) is 0 Å². The molecule has 0 spiro atoms. The van der Waals surface area contributed by atoms with Gasteiger partial charge in [-0.15, -0.1) is 0 Å². The lowest BCUT2D eigenvalue weighted by Crippen LogP contribution is -2.22. The summed E-state index contributed by atoms with van der Waals surface area (Å²) in [5, 5.41) is 6.88. The first-order chi connectivity index (χ1) is 12.7. The zero-order valence-electron chi connectivity index (χ0n) is 14.1. The van der Waals surface area contributed by atoms with Crippen LogP contribution in [0.15, 0.2) is 73.6 Å². The molecule has 132 valence electrons. The van der Waals surface area contributed by atoms with Crippen molar-refractivity contribution >= 4 is 5.91 Å². The van der Waals surface area contributed by atoms with Crippen LogP contribution in [-0.2, 0) is 6.54 Å². The van der Waals surface area contributed by atoms with Crippen molar-refractivity contribution in [3.63, 3.8) is 0 Å². The van der Waals surface area contributed by atoms with E-state index >= 15 is 0 Å². The quantitative estimate of drug-likeness (QED) is 0.663. The number of nitrogens with one attached hydrogen (secondary N) is 1. The van der Waals surface area contributed by atoms with E-state index in [1.165, 1.54) is 23.1 Å². The Balaban J connectivity index is 1.68. The summed E-state index contributed by atoms with van der Waals surface area (Å²) in [5.74, 6) is -0.0169. The van der Waals surface area contributed by atoms with Crippen molar-refractivity contribution in [3.8, 4) is 11.4 Å². The Hall–Kier alpha value is -3.41. The normalized spacial score (nSPS) is 10.3. The first kappa shape index (κ1) is 17.4. The molecule has 0 unspecified atom stereocenters. The van der Waals surface area contributed by atoms with Crippen LogP contribution in [0.3, 0.4) is 0 Å². The number of halogens is 1. The first-order valence-electron chi connectivity index (χ1n) is 8.08. The van der Waals surface area contributed by atoms with Gasteiger partial charge in [0.25, 0.3) is 5.91 Å². The lowest BCUT2D eigenvalue weighted by molar-refractivity contribution is 0.0950. The van der Waals surface area contributed by atoms with Gasteiger partial charge in [-0.1, -0.05) is 43.0 Å². The van der Waals surface area contributed by atoms with Gasteiger partial charge < -0.3 is 10.1 Å². The molecule has 0 aliphatic rings. The Morgan fingerprint density at radius 1 is 1.23 bits per heavy atom. The lowest BCUT2D eigenvalue weighted by atomic mass is 10.2. The Bertz CT molecular complexity index is 921. The van der Waals surface area contributed by atoms with Gasteiger partial charge in [0.05, 0.1) is 11.8 Å². The Morgan fingerprint density at radius 3 is 2.81 bits per heavy atom. The number of hydrogen-bond acceptors (Lipinski definition) is 3. The second-order valence-corrected chi connectivity index (χ2v) is 5.52. The molecule has 6 heteroatoms. The maximum atomic E-state index is 13.8. The molecule has 1 heterocycles. The summed E-state index contributed by atoms with van der Waals surface area (Å²) in [7, 11) is 0. The number of carbonyl (C=O) groups excluding carboxylic acids is 1. The van der Waals surface area contributed by atoms with E-state index in [-0.39, 0.29) is 11.6 Å². The predicted octanol–water partition coefficient (Wildman–Crippen LogP) is 3.51. The fourth-order valence-electron chi connectivity index (χ4n) is 2.43. The molecule has 3 rings (SSSR count). The molecule has 1 amide bonds. The van der Waals surface area contributed by atoms with Gasteiger partial charge >= 0.3 is 0 Å². The van der Waals surface area contributed by atoms with Crippen LogP contribution in [0.2, 0.25) is 0 Å². The number of rotatable bonds is 7. The van der Waals surface area contributed by atoms with E-state index in [0.717, 1.165) is 5.56 Å². The summed E-state index contributed by atoms with van der Waals surface area (Å²) in [4.78, 5) is 12.4. The average molecular weight is 351 g/mol. The van der Waals surface area contributed by atoms with E-state index in [1.807, 2.05) is 24.3 Å². The molecule has 0 saturated carbocycles. The molecule has 0 radical (unpaired) electrons. The molecule has 1 N–H and O–H groups in total.